The Bertz CT molecular complexity index is 521. The van der Waals surface area contributed by atoms with E-state index in [0.29, 0.717) is 5.75 Å². The minimum absolute atomic E-state index is 0.378. The van der Waals surface area contributed by atoms with Gasteiger partial charge < -0.3 is 5.11 Å². The molecule has 1 aromatic carbocycles. The lowest BCUT2D eigenvalue weighted by Gasteiger charge is -2.04. The molecule has 1 heterocycles. The summed E-state index contributed by atoms with van der Waals surface area (Å²) in [5.41, 5.74) is 3.95. The average Bonchev–Trinajstić information content (AvgIpc) is 2.34. The number of benzene rings is 1. The molecule has 2 rings (SSSR count). The van der Waals surface area contributed by atoms with Gasteiger partial charge in [-0.05, 0) is 54.3 Å². The summed E-state index contributed by atoms with van der Waals surface area (Å²) >= 11 is 0. The SMILES string of the molecule is Cc1cc(C=Cc2cccnc2)cc(C)c1O. The van der Waals surface area contributed by atoms with Crippen LogP contribution < -0.4 is 0 Å². The van der Waals surface area contributed by atoms with E-state index in [4.69, 9.17) is 0 Å². The van der Waals surface area contributed by atoms with Gasteiger partial charge in [0.05, 0.1) is 0 Å². The summed E-state index contributed by atoms with van der Waals surface area (Å²) in [4.78, 5) is 4.05. The lowest BCUT2D eigenvalue weighted by Crippen LogP contribution is -1.83. The molecule has 0 saturated carbocycles. The molecule has 0 bridgehead atoms. The average molecular weight is 225 g/mol. The quantitative estimate of drug-likeness (QED) is 0.847. The molecule has 0 atom stereocenters. The molecule has 0 amide bonds. The van der Waals surface area contributed by atoms with Gasteiger partial charge in [0.1, 0.15) is 5.75 Å². The van der Waals surface area contributed by atoms with E-state index in [1.165, 1.54) is 0 Å². The molecule has 86 valence electrons. The van der Waals surface area contributed by atoms with Crippen molar-refractivity contribution in [2.45, 2.75) is 13.8 Å². The van der Waals surface area contributed by atoms with Crippen molar-refractivity contribution in [3.05, 3.63) is 58.9 Å². The van der Waals surface area contributed by atoms with Gasteiger partial charge in [0.15, 0.2) is 0 Å². The minimum Gasteiger partial charge on any atom is -0.507 e. The van der Waals surface area contributed by atoms with E-state index in [1.807, 2.05) is 56.5 Å². The van der Waals surface area contributed by atoms with E-state index in [-0.39, 0.29) is 0 Å². The van der Waals surface area contributed by atoms with E-state index in [0.717, 1.165) is 22.3 Å². The molecule has 2 aromatic rings. The largest absolute Gasteiger partial charge is 0.507 e. The zero-order valence-corrected chi connectivity index (χ0v) is 10.0. The second kappa shape index (κ2) is 4.83. The normalized spacial score (nSPS) is 10.9. The topological polar surface area (TPSA) is 33.1 Å². The number of pyridine rings is 1. The molecule has 2 heteroatoms. The fourth-order valence-corrected chi connectivity index (χ4v) is 1.75. The van der Waals surface area contributed by atoms with Gasteiger partial charge in [0.2, 0.25) is 0 Å². The van der Waals surface area contributed by atoms with Gasteiger partial charge in [-0.1, -0.05) is 18.2 Å². The van der Waals surface area contributed by atoms with Crippen LogP contribution in [0.4, 0.5) is 0 Å². The van der Waals surface area contributed by atoms with Gasteiger partial charge in [0, 0.05) is 12.4 Å². The summed E-state index contributed by atoms with van der Waals surface area (Å²) in [6, 6.07) is 7.85. The lowest BCUT2D eigenvalue weighted by molar-refractivity contribution is 0.467. The predicted octanol–water partition coefficient (Wildman–Crippen LogP) is 3.57. The number of aromatic hydroxyl groups is 1. The van der Waals surface area contributed by atoms with Crippen LogP contribution in [0, 0.1) is 13.8 Å². The van der Waals surface area contributed by atoms with Gasteiger partial charge in [-0.25, -0.2) is 0 Å². The summed E-state index contributed by atoms with van der Waals surface area (Å²) in [7, 11) is 0. The van der Waals surface area contributed by atoms with Crippen LogP contribution in [0.3, 0.4) is 0 Å². The van der Waals surface area contributed by atoms with Gasteiger partial charge in [0.25, 0.3) is 0 Å². The fraction of sp³-hybridized carbons (Fsp3) is 0.133. The smallest absolute Gasteiger partial charge is 0.121 e. The Kier molecular flexibility index (Phi) is 3.24. The Balaban J connectivity index is 2.28. The third-order valence-electron chi connectivity index (χ3n) is 2.67. The first-order valence-corrected chi connectivity index (χ1v) is 5.55. The standard InChI is InChI=1S/C15H15NO/c1-11-8-14(9-12(2)15(11)17)6-5-13-4-3-7-16-10-13/h3-10,17H,1-2H3. The number of rotatable bonds is 2. The summed E-state index contributed by atoms with van der Waals surface area (Å²) < 4.78 is 0. The number of hydrogen-bond donors (Lipinski definition) is 1. The zero-order chi connectivity index (χ0) is 12.3. The van der Waals surface area contributed by atoms with Gasteiger partial charge in [-0.3, -0.25) is 4.98 Å². The fourth-order valence-electron chi connectivity index (χ4n) is 1.75. The Morgan fingerprint density at radius 1 is 1.06 bits per heavy atom. The number of hydrogen-bond acceptors (Lipinski definition) is 2. The van der Waals surface area contributed by atoms with Crippen molar-refractivity contribution < 1.29 is 5.11 Å². The summed E-state index contributed by atoms with van der Waals surface area (Å²) in [6.45, 7) is 3.81. The highest BCUT2D eigenvalue weighted by molar-refractivity contribution is 5.70. The van der Waals surface area contributed by atoms with E-state index >= 15 is 0 Å². The number of aryl methyl sites for hydroxylation is 2. The highest BCUT2D eigenvalue weighted by atomic mass is 16.3. The Morgan fingerprint density at radius 3 is 2.29 bits per heavy atom. The maximum Gasteiger partial charge on any atom is 0.121 e. The molecule has 1 aromatic heterocycles. The van der Waals surface area contributed by atoms with E-state index < -0.39 is 0 Å². The Labute approximate surface area is 101 Å². The first kappa shape index (κ1) is 11.4. The van der Waals surface area contributed by atoms with Gasteiger partial charge in [-0.15, -0.1) is 0 Å². The molecule has 0 unspecified atom stereocenters. The van der Waals surface area contributed by atoms with Gasteiger partial charge >= 0.3 is 0 Å². The van der Waals surface area contributed by atoms with Crippen molar-refractivity contribution in [3.63, 3.8) is 0 Å². The van der Waals surface area contributed by atoms with Crippen LogP contribution in [0.1, 0.15) is 22.3 Å². The zero-order valence-electron chi connectivity index (χ0n) is 10.0. The van der Waals surface area contributed by atoms with Crippen molar-refractivity contribution >= 4 is 12.2 Å². The highest BCUT2D eigenvalue weighted by Crippen LogP contribution is 2.23. The van der Waals surface area contributed by atoms with Crippen LogP contribution in [0.5, 0.6) is 5.75 Å². The molecule has 0 spiro atoms. The molecule has 2 nitrogen and oxygen atoms in total. The Morgan fingerprint density at radius 2 is 1.71 bits per heavy atom. The van der Waals surface area contributed by atoms with Gasteiger partial charge in [-0.2, -0.15) is 0 Å². The van der Waals surface area contributed by atoms with E-state index in [1.54, 1.807) is 6.20 Å². The van der Waals surface area contributed by atoms with E-state index in [2.05, 4.69) is 4.98 Å². The lowest BCUT2D eigenvalue weighted by atomic mass is 10.0. The molecule has 0 aliphatic carbocycles. The molecule has 0 saturated heterocycles. The predicted molar refractivity (Wildman–Crippen MR) is 70.7 cm³/mol. The van der Waals surface area contributed by atoms with Crippen molar-refractivity contribution in [2.24, 2.45) is 0 Å². The second-order valence-electron chi connectivity index (χ2n) is 4.12. The monoisotopic (exact) mass is 225 g/mol. The molecule has 0 radical (unpaired) electrons. The third-order valence-corrected chi connectivity index (χ3v) is 2.67. The van der Waals surface area contributed by atoms with Crippen molar-refractivity contribution in [1.82, 2.24) is 4.98 Å². The van der Waals surface area contributed by atoms with E-state index in [9.17, 15) is 5.11 Å². The molecular formula is C15H15NO. The number of phenolic OH excluding ortho intramolecular Hbond substituents is 1. The first-order chi connectivity index (χ1) is 8.16. The number of phenols is 1. The van der Waals surface area contributed by atoms with Crippen LogP contribution in [0.15, 0.2) is 36.7 Å². The molecule has 0 fully saturated rings. The molecular weight excluding hydrogens is 210 g/mol. The van der Waals surface area contributed by atoms with Crippen LogP contribution in [-0.4, -0.2) is 10.1 Å². The molecule has 17 heavy (non-hydrogen) atoms. The van der Waals surface area contributed by atoms with Crippen molar-refractivity contribution in [3.8, 4) is 5.75 Å². The maximum absolute atomic E-state index is 9.68. The van der Waals surface area contributed by atoms with Crippen molar-refractivity contribution in [2.75, 3.05) is 0 Å². The number of aromatic nitrogens is 1. The Hall–Kier alpha value is -2.09. The maximum atomic E-state index is 9.68. The minimum atomic E-state index is 0.378. The summed E-state index contributed by atoms with van der Waals surface area (Å²) in [5.74, 6) is 0.378. The van der Waals surface area contributed by atoms with Crippen LogP contribution in [0.2, 0.25) is 0 Å². The van der Waals surface area contributed by atoms with Crippen molar-refractivity contribution in [1.29, 1.82) is 0 Å². The molecule has 0 aliphatic rings. The number of nitrogens with zero attached hydrogens (tertiary/aromatic N) is 1. The molecule has 0 aliphatic heterocycles. The highest BCUT2D eigenvalue weighted by Gasteiger charge is 2.00. The molecule has 1 N–H and O–H groups in total. The summed E-state index contributed by atoms with van der Waals surface area (Å²) in [5, 5.41) is 9.68. The van der Waals surface area contributed by atoms with Crippen LogP contribution in [0.25, 0.3) is 12.2 Å². The van der Waals surface area contributed by atoms with Crippen LogP contribution in [-0.2, 0) is 0 Å². The third kappa shape index (κ3) is 2.72. The van der Waals surface area contributed by atoms with Crippen LogP contribution >= 0.6 is 0 Å². The summed E-state index contributed by atoms with van der Waals surface area (Å²) in [6.07, 6.45) is 7.61. The first-order valence-electron chi connectivity index (χ1n) is 5.55. The second-order valence-corrected chi connectivity index (χ2v) is 4.12.